The summed E-state index contributed by atoms with van der Waals surface area (Å²) in [5, 5.41) is 48.9. The number of hydrogen-bond acceptors (Lipinski definition) is 5. The zero-order valence-electron chi connectivity index (χ0n) is 26.4. The smallest absolute Gasteiger partial charge is 0.137 e. The van der Waals surface area contributed by atoms with Crippen molar-refractivity contribution in [1.29, 1.82) is 0 Å². The average molecular weight is 725 g/mol. The van der Waals surface area contributed by atoms with Gasteiger partial charge in [0.1, 0.15) is 23.0 Å². The maximum atomic E-state index is 10.5. The van der Waals surface area contributed by atoms with E-state index >= 15 is 0 Å². The maximum absolute atomic E-state index is 10.5. The summed E-state index contributed by atoms with van der Waals surface area (Å²) in [7, 11) is 0. The molecule has 0 spiro atoms. The number of aromatic hydroxyl groups is 4. The van der Waals surface area contributed by atoms with Crippen LogP contribution in [0.1, 0.15) is 127 Å². The first-order valence-corrected chi connectivity index (χ1v) is 17.5. The minimum absolute atomic E-state index is 0.108. The molecule has 0 aliphatic heterocycles. The highest BCUT2D eigenvalue weighted by atomic mass is 79.9. The molecule has 0 saturated heterocycles. The molecule has 0 fully saturated rings. The van der Waals surface area contributed by atoms with Crippen LogP contribution in [0.5, 0.6) is 23.0 Å². The van der Waals surface area contributed by atoms with Gasteiger partial charge < -0.3 is 25.5 Å². The molecule has 0 heterocycles. The number of benzene rings is 2. The normalized spacial score (nSPS) is 19.5. The number of phenolic OH excluding ortho intramolecular Hbond substituents is 4. The Morgan fingerprint density at radius 1 is 0.837 bits per heavy atom. The number of unbranched alkanes of at least 4 members (excludes halogenated alkanes) is 4. The Morgan fingerprint density at radius 3 is 1.98 bits per heavy atom. The molecule has 2 aliphatic rings. The van der Waals surface area contributed by atoms with Crippen LogP contribution in [0.2, 0.25) is 0 Å². The first-order chi connectivity index (χ1) is 20.4. The minimum atomic E-state index is -0.502. The molecular formula is C36H52Br2O5. The van der Waals surface area contributed by atoms with Crippen LogP contribution in [-0.4, -0.2) is 31.1 Å². The van der Waals surface area contributed by atoms with Crippen LogP contribution in [0.15, 0.2) is 50.9 Å². The number of aryl methyl sites for hydroxylation is 2. The quantitative estimate of drug-likeness (QED) is 0.131. The number of phenols is 4. The largest absolute Gasteiger partial charge is 0.508 e. The summed E-state index contributed by atoms with van der Waals surface area (Å²) in [5.41, 5.74) is 3.49. The lowest BCUT2D eigenvalue weighted by Gasteiger charge is -2.23. The topological polar surface area (TPSA) is 101 Å². The second kappa shape index (κ2) is 18.8. The molecular weight excluding hydrogens is 672 g/mol. The van der Waals surface area contributed by atoms with Crippen molar-refractivity contribution >= 4 is 31.9 Å². The van der Waals surface area contributed by atoms with E-state index in [1.54, 1.807) is 6.07 Å². The molecule has 0 aromatic heterocycles. The average Bonchev–Trinajstić information content (AvgIpc) is 2.95. The van der Waals surface area contributed by atoms with Crippen molar-refractivity contribution < 1.29 is 25.5 Å². The van der Waals surface area contributed by atoms with Gasteiger partial charge in [0.15, 0.2) is 0 Å². The number of rotatable bonds is 9. The van der Waals surface area contributed by atoms with Crippen molar-refractivity contribution in [3.05, 3.63) is 67.6 Å². The maximum Gasteiger partial charge on any atom is 0.137 e. The van der Waals surface area contributed by atoms with Gasteiger partial charge >= 0.3 is 0 Å². The molecule has 2 aliphatic carbocycles. The van der Waals surface area contributed by atoms with E-state index < -0.39 is 5.60 Å². The molecule has 5 N–H and O–H groups in total. The van der Waals surface area contributed by atoms with Gasteiger partial charge in [-0.05, 0) is 133 Å². The van der Waals surface area contributed by atoms with E-state index in [4.69, 9.17) is 0 Å². The summed E-state index contributed by atoms with van der Waals surface area (Å²) in [6.45, 7) is 8.29. The van der Waals surface area contributed by atoms with Crippen molar-refractivity contribution in [3.8, 4) is 23.0 Å². The fraction of sp³-hybridized carbons (Fsp3) is 0.556. The SMILES string of the molecule is CCCCCc1cc(O)c(C2C=C(C)CCC2)c(O)c1Br.CCCCCc1cc(O)cc(O)c1Br.C[C@@]1(O)C=CCCC1. The van der Waals surface area contributed by atoms with Crippen LogP contribution in [0.4, 0.5) is 0 Å². The summed E-state index contributed by atoms with van der Waals surface area (Å²) in [4.78, 5) is 0. The number of hydrogen-bond donors (Lipinski definition) is 5. The van der Waals surface area contributed by atoms with Gasteiger partial charge in [-0.3, -0.25) is 0 Å². The van der Waals surface area contributed by atoms with E-state index in [0.717, 1.165) is 79.8 Å². The van der Waals surface area contributed by atoms with Gasteiger partial charge in [-0.15, -0.1) is 0 Å². The lowest BCUT2D eigenvalue weighted by atomic mass is 9.84. The van der Waals surface area contributed by atoms with Crippen molar-refractivity contribution in [1.82, 2.24) is 0 Å². The third-order valence-electron chi connectivity index (χ3n) is 8.02. The first kappa shape index (κ1) is 37.2. The number of halogens is 2. The molecule has 1 unspecified atom stereocenters. The summed E-state index contributed by atoms with van der Waals surface area (Å²) in [5.74, 6) is 0.809. The van der Waals surface area contributed by atoms with E-state index in [-0.39, 0.29) is 28.9 Å². The minimum Gasteiger partial charge on any atom is -0.508 e. The molecule has 2 aromatic carbocycles. The lowest BCUT2D eigenvalue weighted by Crippen LogP contribution is -2.22. The molecule has 2 atom stereocenters. The van der Waals surface area contributed by atoms with Crippen LogP contribution in [0.3, 0.4) is 0 Å². The van der Waals surface area contributed by atoms with Crippen molar-refractivity contribution in [2.45, 2.75) is 129 Å². The predicted octanol–water partition coefficient (Wildman–Crippen LogP) is 10.9. The Labute approximate surface area is 276 Å². The highest BCUT2D eigenvalue weighted by Crippen LogP contribution is 2.45. The van der Waals surface area contributed by atoms with Crippen LogP contribution < -0.4 is 0 Å². The summed E-state index contributed by atoms with van der Waals surface area (Å²) in [6.07, 6.45) is 21.1. The van der Waals surface area contributed by atoms with Gasteiger partial charge in [-0.2, -0.15) is 0 Å². The molecule has 0 amide bonds. The molecule has 2 aromatic rings. The van der Waals surface area contributed by atoms with Crippen molar-refractivity contribution in [2.75, 3.05) is 0 Å². The molecule has 4 rings (SSSR count). The molecule has 43 heavy (non-hydrogen) atoms. The van der Waals surface area contributed by atoms with Crippen molar-refractivity contribution in [2.24, 2.45) is 0 Å². The predicted molar refractivity (Wildman–Crippen MR) is 185 cm³/mol. The summed E-state index contributed by atoms with van der Waals surface area (Å²) >= 11 is 6.82. The second-order valence-corrected chi connectivity index (χ2v) is 13.7. The Balaban J connectivity index is 0.000000251. The second-order valence-electron chi connectivity index (χ2n) is 12.1. The number of aliphatic hydroxyl groups is 1. The standard InChI is InChI=1S/C18H25BrO2.C11H15BrO2.C7H12O/c1-3-4-5-8-14-11-15(20)16(18(21)17(14)19)13-9-6-7-12(2)10-13;1-2-3-4-5-8-6-9(13)7-10(14)11(8)12;1-7(8)5-3-2-4-6-7/h10-11,13,20-21H,3-9H2,1-2H3;6-7,13-14H,2-5H2,1H3;3,5,8H,2,4,6H2,1H3/t;;7-/m..1/s1. The van der Waals surface area contributed by atoms with Crippen LogP contribution in [0, 0.1) is 0 Å². The Hall–Kier alpha value is -1.96. The van der Waals surface area contributed by atoms with E-state index in [9.17, 15) is 25.5 Å². The van der Waals surface area contributed by atoms with Gasteiger partial charge in [0.05, 0.1) is 14.5 Å². The van der Waals surface area contributed by atoms with Gasteiger partial charge in [0, 0.05) is 17.5 Å². The Bertz CT molecular complexity index is 1220. The highest BCUT2D eigenvalue weighted by molar-refractivity contribution is 9.11. The Kier molecular flexibility index (Phi) is 16.2. The molecule has 240 valence electrons. The van der Waals surface area contributed by atoms with E-state index in [2.05, 4.69) is 58.7 Å². The molecule has 5 nitrogen and oxygen atoms in total. The molecule has 0 bridgehead atoms. The van der Waals surface area contributed by atoms with Gasteiger partial charge in [0.2, 0.25) is 0 Å². The third kappa shape index (κ3) is 12.5. The number of allylic oxidation sites excluding steroid dienone is 3. The van der Waals surface area contributed by atoms with Crippen LogP contribution >= 0.6 is 31.9 Å². The van der Waals surface area contributed by atoms with E-state index in [1.807, 2.05) is 25.1 Å². The highest BCUT2D eigenvalue weighted by Gasteiger charge is 2.24. The fourth-order valence-electron chi connectivity index (χ4n) is 5.55. The van der Waals surface area contributed by atoms with Gasteiger partial charge in [0.25, 0.3) is 0 Å². The molecule has 0 saturated carbocycles. The van der Waals surface area contributed by atoms with Crippen LogP contribution in [0.25, 0.3) is 0 Å². The fourth-order valence-corrected chi connectivity index (χ4v) is 6.50. The zero-order valence-corrected chi connectivity index (χ0v) is 29.6. The Morgan fingerprint density at radius 2 is 1.47 bits per heavy atom. The molecule has 7 heteroatoms. The van der Waals surface area contributed by atoms with Crippen molar-refractivity contribution in [3.63, 3.8) is 0 Å². The molecule has 0 radical (unpaired) electrons. The van der Waals surface area contributed by atoms with E-state index in [0.29, 0.717) is 10.0 Å². The van der Waals surface area contributed by atoms with Crippen LogP contribution in [-0.2, 0) is 12.8 Å². The van der Waals surface area contributed by atoms with Gasteiger partial charge in [-0.25, -0.2) is 0 Å². The zero-order chi connectivity index (χ0) is 32.0. The summed E-state index contributed by atoms with van der Waals surface area (Å²) in [6, 6.07) is 4.86. The first-order valence-electron chi connectivity index (χ1n) is 15.9. The van der Waals surface area contributed by atoms with E-state index in [1.165, 1.54) is 37.3 Å². The third-order valence-corrected chi connectivity index (χ3v) is 9.82. The monoisotopic (exact) mass is 722 g/mol. The van der Waals surface area contributed by atoms with Gasteiger partial charge in [-0.1, -0.05) is 63.3 Å². The summed E-state index contributed by atoms with van der Waals surface area (Å²) < 4.78 is 1.45. The lowest BCUT2D eigenvalue weighted by molar-refractivity contribution is 0.0948.